The first-order valence-electron chi connectivity index (χ1n) is 7.37. The minimum Gasteiger partial charge on any atom is -0.495 e. The fraction of sp³-hybridized carbons (Fsp3) is 0.562. The number of carbonyl (C=O) groups is 1. The Balaban J connectivity index is 2.11. The van der Waals surface area contributed by atoms with Gasteiger partial charge >= 0.3 is 0 Å². The van der Waals surface area contributed by atoms with Crippen molar-refractivity contribution < 1.29 is 9.53 Å². The third kappa shape index (κ3) is 4.19. The summed E-state index contributed by atoms with van der Waals surface area (Å²) in [6, 6.07) is 6.04. The summed E-state index contributed by atoms with van der Waals surface area (Å²) in [6.45, 7) is 0.821. The molecule has 0 bridgehead atoms. The number of hydrogen-bond donors (Lipinski definition) is 2. The number of carbonyl (C=O) groups excluding carboxylic acids is 1. The summed E-state index contributed by atoms with van der Waals surface area (Å²) in [5.74, 6) is 0.749. The molecule has 21 heavy (non-hydrogen) atoms. The van der Waals surface area contributed by atoms with Crippen molar-refractivity contribution in [1.82, 2.24) is 4.90 Å². The number of anilines is 1. The molecule has 5 heteroatoms. The van der Waals surface area contributed by atoms with Gasteiger partial charge in [-0.05, 0) is 51.1 Å². The molecule has 2 unspecified atom stereocenters. The zero-order valence-corrected chi connectivity index (χ0v) is 13.1. The van der Waals surface area contributed by atoms with Crippen LogP contribution < -0.4 is 15.8 Å². The smallest absolute Gasteiger partial charge is 0.227 e. The number of nitrogens with zero attached hydrogens (tertiary/aromatic N) is 1. The summed E-state index contributed by atoms with van der Waals surface area (Å²) < 4.78 is 5.34. The molecule has 0 spiro atoms. The Bertz CT molecular complexity index is 502. The highest BCUT2D eigenvalue weighted by molar-refractivity contribution is 5.94. The Hall–Kier alpha value is -1.59. The Kier molecular flexibility index (Phi) is 5.20. The first kappa shape index (κ1) is 15.8. The monoisotopic (exact) mass is 291 g/mol. The zero-order valence-electron chi connectivity index (χ0n) is 13.1. The number of benzene rings is 1. The van der Waals surface area contributed by atoms with Gasteiger partial charge in [0.1, 0.15) is 5.75 Å². The van der Waals surface area contributed by atoms with E-state index in [1.54, 1.807) is 7.11 Å². The number of hydrogen-bond acceptors (Lipinski definition) is 4. The molecule has 1 fully saturated rings. The van der Waals surface area contributed by atoms with Gasteiger partial charge in [-0.2, -0.15) is 0 Å². The molecule has 0 saturated heterocycles. The Morgan fingerprint density at radius 1 is 1.43 bits per heavy atom. The summed E-state index contributed by atoms with van der Waals surface area (Å²) in [7, 11) is 5.65. The summed E-state index contributed by atoms with van der Waals surface area (Å²) >= 11 is 0. The molecule has 116 valence electrons. The maximum Gasteiger partial charge on any atom is 0.227 e. The second kappa shape index (κ2) is 6.91. The quantitative estimate of drug-likeness (QED) is 0.868. The van der Waals surface area contributed by atoms with Gasteiger partial charge in [0.25, 0.3) is 0 Å². The molecule has 1 aromatic rings. The van der Waals surface area contributed by atoms with Crippen LogP contribution in [0.5, 0.6) is 5.75 Å². The van der Waals surface area contributed by atoms with Crippen molar-refractivity contribution in [1.29, 1.82) is 0 Å². The van der Waals surface area contributed by atoms with E-state index in [4.69, 9.17) is 10.5 Å². The summed E-state index contributed by atoms with van der Waals surface area (Å²) in [5.41, 5.74) is 7.76. The van der Waals surface area contributed by atoms with Crippen molar-refractivity contribution >= 4 is 11.6 Å². The number of methoxy groups -OCH3 is 1. The van der Waals surface area contributed by atoms with Gasteiger partial charge in [0.15, 0.2) is 0 Å². The van der Waals surface area contributed by atoms with Gasteiger partial charge in [-0.25, -0.2) is 0 Å². The molecule has 3 N–H and O–H groups in total. The minimum atomic E-state index is 0.0159. The average molecular weight is 291 g/mol. The molecule has 0 heterocycles. The highest BCUT2D eigenvalue weighted by Gasteiger charge is 2.28. The van der Waals surface area contributed by atoms with Crippen LogP contribution in [-0.2, 0) is 11.3 Å². The molecular weight excluding hydrogens is 266 g/mol. The van der Waals surface area contributed by atoms with E-state index in [0.717, 1.165) is 37.1 Å². The molecule has 1 amide bonds. The van der Waals surface area contributed by atoms with Gasteiger partial charge in [0.2, 0.25) is 5.91 Å². The highest BCUT2D eigenvalue weighted by Crippen LogP contribution is 2.29. The van der Waals surface area contributed by atoms with Gasteiger partial charge in [-0.1, -0.05) is 6.07 Å². The van der Waals surface area contributed by atoms with Crippen molar-refractivity contribution in [3.63, 3.8) is 0 Å². The Labute approximate surface area is 126 Å². The molecule has 5 nitrogen and oxygen atoms in total. The zero-order chi connectivity index (χ0) is 15.4. The second-order valence-electron chi connectivity index (χ2n) is 6.03. The standard InChI is InChI=1S/C16H25N3O2/c1-19(2)10-11-4-7-15(21-3)14(8-11)18-16(20)12-5-6-13(17)9-12/h4,7-8,12-13H,5-6,9-10,17H2,1-3H3,(H,18,20). The van der Waals surface area contributed by atoms with Crippen molar-refractivity contribution in [3.05, 3.63) is 23.8 Å². The van der Waals surface area contributed by atoms with E-state index in [2.05, 4.69) is 10.2 Å². The molecule has 0 aliphatic heterocycles. The SMILES string of the molecule is COc1ccc(CN(C)C)cc1NC(=O)C1CCC(N)C1. The molecule has 1 aliphatic carbocycles. The van der Waals surface area contributed by atoms with Crippen LogP contribution in [0.25, 0.3) is 0 Å². The predicted octanol–water partition coefficient (Wildman–Crippen LogP) is 1.82. The topological polar surface area (TPSA) is 67.6 Å². The fourth-order valence-corrected chi connectivity index (χ4v) is 2.81. The van der Waals surface area contributed by atoms with Crippen molar-refractivity contribution in [2.45, 2.75) is 31.8 Å². The maximum absolute atomic E-state index is 12.3. The Morgan fingerprint density at radius 3 is 2.76 bits per heavy atom. The van der Waals surface area contributed by atoms with Crippen LogP contribution in [0.4, 0.5) is 5.69 Å². The first-order chi connectivity index (χ1) is 9.99. The number of ether oxygens (including phenoxy) is 1. The van der Waals surface area contributed by atoms with Gasteiger partial charge in [-0.3, -0.25) is 4.79 Å². The van der Waals surface area contributed by atoms with E-state index < -0.39 is 0 Å². The minimum absolute atomic E-state index is 0.0159. The highest BCUT2D eigenvalue weighted by atomic mass is 16.5. The molecule has 0 radical (unpaired) electrons. The third-order valence-corrected chi connectivity index (χ3v) is 3.86. The first-order valence-corrected chi connectivity index (χ1v) is 7.37. The van der Waals surface area contributed by atoms with Gasteiger partial charge in [0, 0.05) is 18.5 Å². The van der Waals surface area contributed by atoms with Crippen molar-refractivity contribution in [2.24, 2.45) is 11.7 Å². The van der Waals surface area contributed by atoms with E-state index in [0.29, 0.717) is 5.75 Å². The lowest BCUT2D eigenvalue weighted by Gasteiger charge is -2.16. The summed E-state index contributed by atoms with van der Waals surface area (Å²) in [4.78, 5) is 14.4. The van der Waals surface area contributed by atoms with Crippen LogP contribution in [0, 0.1) is 5.92 Å². The number of amides is 1. The average Bonchev–Trinajstić information content (AvgIpc) is 2.85. The van der Waals surface area contributed by atoms with Gasteiger partial charge < -0.3 is 20.7 Å². The lowest BCUT2D eigenvalue weighted by atomic mass is 10.1. The summed E-state index contributed by atoms with van der Waals surface area (Å²) in [5, 5.41) is 3.00. The van der Waals surface area contributed by atoms with Gasteiger partial charge in [-0.15, -0.1) is 0 Å². The number of nitrogens with one attached hydrogen (secondary N) is 1. The molecule has 1 aromatic carbocycles. The van der Waals surface area contributed by atoms with Crippen LogP contribution in [0.1, 0.15) is 24.8 Å². The van der Waals surface area contributed by atoms with Gasteiger partial charge in [0.05, 0.1) is 12.8 Å². The maximum atomic E-state index is 12.3. The van der Waals surface area contributed by atoms with Crippen LogP contribution in [-0.4, -0.2) is 38.1 Å². The van der Waals surface area contributed by atoms with Crippen LogP contribution in [0.3, 0.4) is 0 Å². The largest absolute Gasteiger partial charge is 0.495 e. The van der Waals surface area contributed by atoms with Crippen LogP contribution in [0.2, 0.25) is 0 Å². The lowest BCUT2D eigenvalue weighted by Crippen LogP contribution is -2.23. The predicted molar refractivity (Wildman–Crippen MR) is 84.3 cm³/mol. The molecular formula is C16H25N3O2. The lowest BCUT2D eigenvalue weighted by molar-refractivity contribution is -0.119. The molecule has 2 rings (SSSR count). The van der Waals surface area contributed by atoms with E-state index in [9.17, 15) is 4.79 Å². The molecule has 0 aromatic heterocycles. The fourth-order valence-electron chi connectivity index (χ4n) is 2.81. The molecule has 2 atom stereocenters. The van der Waals surface area contributed by atoms with E-state index in [1.165, 1.54) is 0 Å². The van der Waals surface area contributed by atoms with E-state index >= 15 is 0 Å². The number of nitrogens with two attached hydrogens (primary N) is 1. The number of rotatable bonds is 5. The third-order valence-electron chi connectivity index (χ3n) is 3.86. The van der Waals surface area contributed by atoms with Crippen LogP contribution >= 0.6 is 0 Å². The molecule has 1 aliphatic rings. The second-order valence-corrected chi connectivity index (χ2v) is 6.03. The Morgan fingerprint density at radius 2 is 2.19 bits per heavy atom. The molecule has 1 saturated carbocycles. The summed E-state index contributed by atoms with van der Waals surface area (Å²) in [6.07, 6.45) is 2.56. The van der Waals surface area contributed by atoms with E-state index in [1.807, 2.05) is 32.3 Å². The van der Waals surface area contributed by atoms with E-state index in [-0.39, 0.29) is 17.9 Å². The van der Waals surface area contributed by atoms with Crippen LogP contribution in [0.15, 0.2) is 18.2 Å². The van der Waals surface area contributed by atoms with Crippen molar-refractivity contribution in [3.8, 4) is 5.75 Å². The normalized spacial score (nSPS) is 21.6. The van der Waals surface area contributed by atoms with Crippen molar-refractivity contribution in [2.75, 3.05) is 26.5 Å².